The molecule has 1 rings (SSSR count). The number of nitrogens with one attached hydrogen (secondary N) is 2. The van der Waals surface area contributed by atoms with Crippen LogP contribution in [0.15, 0.2) is 0 Å². The lowest BCUT2D eigenvalue weighted by Crippen LogP contribution is -2.41. The fraction of sp³-hybridized carbons (Fsp3) is 0.667. The van der Waals surface area contributed by atoms with E-state index in [1.54, 1.807) is 0 Å². The van der Waals surface area contributed by atoms with Gasteiger partial charge in [-0.15, -0.1) is 0 Å². The van der Waals surface area contributed by atoms with Crippen molar-refractivity contribution in [2.75, 3.05) is 39.9 Å². The van der Waals surface area contributed by atoms with Gasteiger partial charge < -0.3 is 25.4 Å². The van der Waals surface area contributed by atoms with Crippen molar-refractivity contribution in [2.24, 2.45) is 5.92 Å². The molecule has 0 aromatic carbocycles. The van der Waals surface area contributed by atoms with Gasteiger partial charge in [0.15, 0.2) is 0 Å². The van der Waals surface area contributed by atoms with Crippen LogP contribution in [-0.2, 0) is 23.9 Å². The standard InChI is InChI=1S/C12H19N3O6/c1-21-3-2-15-7-8(4-10(15)17)12(20)14-5-9(16)13-6-11(18)19/h8H,2-7H2,1H3,(H,13,16)(H,14,20)(H,18,19). The second-order valence-electron chi connectivity index (χ2n) is 4.62. The Labute approximate surface area is 121 Å². The van der Waals surface area contributed by atoms with Gasteiger partial charge in [0.1, 0.15) is 6.54 Å². The quantitative estimate of drug-likeness (QED) is 0.467. The summed E-state index contributed by atoms with van der Waals surface area (Å²) in [6.07, 6.45) is 0.103. The first kappa shape index (κ1) is 16.9. The number of carbonyl (C=O) groups excluding carboxylic acids is 3. The lowest BCUT2D eigenvalue weighted by atomic mass is 10.1. The van der Waals surface area contributed by atoms with Gasteiger partial charge in [-0.05, 0) is 0 Å². The highest BCUT2D eigenvalue weighted by atomic mass is 16.5. The number of amides is 3. The average Bonchev–Trinajstić information content (AvgIpc) is 2.81. The fourth-order valence-corrected chi connectivity index (χ4v) is 1.91. The third kappa shape index (κ3) is 5.78. The van der Waals surface area contributed by atoms with Gasteiger partial charge in [0.05, 0.1) is 19.1 Å². The summed E-state index contributed by atoms with van der Waals surface area (Å²) < 4.78 is 4.88. The molecule has 21 heavy (non-hydrogen) atoms. The number of nitrogens with zero attached hydrogens (tertiary/aromatic N) is 1. The summed E-state index contributed by atoms with van der Waals surface area (Å²) in [4.78, 5) is 46.5. The van der Waals surface area contributed by atoms with E-state index >= 15 is 0 Å². The Balaban J connectivity index is 2.31. The summed E-state index contributed by atoms with van der Waals surface area (Å²) in [7, 11) is 1.53. The highest BCUT2D eigenvalue weighted by molar-refractivity contribution is 5.91. The number of carboxylic acids is 1. The minimum absolute atomic E-state index is 0.103. The molecule has 0 bridgehead atoms. The van der Waals surface area contributed by atoms with Crippen molar-refractivity contribution < 1.29 is 29.0 Å². The number of carbonyl (C=O) groups is 4. The molecule has 1 atom stereocenters. The van der Waals surface area contributed by atoms with Crippen molar-refractivity contribution in [3.63, 3.8) is 0 Å². The molecule has 118 valence electrons. The van der Waals surface area contributed by atoms with Gasteiger partial charge >= 0.3 is 5.97 Å². The van der Waals surface area contributed by atoms with Gasteiger partial charge in [-0.2, -0.15) is 0 Å². The van der Waals surface area contributed by atoms with Gasteiger partial charge in [-0.3, -0.25) is 19.2 Å². The molecule has 0 radical (unpaired) electrons. The normalized spacial score (nSPS) is 17.7. The lowest BCUT2D eigenvalue weighted by molar-refractivity contribution is -0.138. The fourth-order valence-electron chi connectivity index (χ4n) is 1.91. The van der Waals surface area contributed by atoms with Gasteiger partial charge in [-0.1, -0.05) is 0 Å². The summed E-state index contributed by atoms with van der Waals surface area (Å²) in [6, 6.07) is 0. The van der Waals surface area contributed by atoms with E-state index in [0.717, 1.165) is 0 Å². The third-order valence-electron chi connectivity index (χ3n) is 3.01. The predicted octanol–water partition coefficient (Wildman–Crippen LogP) is -2.20. The van der Waals surface area contributed by atoms with Crippen LogP contribution in [0.3, 0.4) is 0 Å². The molecule has 1 fully saturated rings. The van der Waals surface area contributed by atoms with E-state index in [1.807, 2.05) is 0 Å². The van der Waals surface area contributed by atoms with E-state index in [2.05, 4.69) is 10.6 Å². The molecule has 1 unspecified atom stereocenters. The molecule has 3 amide bonds. The molecule has 0 aromatic rings. The van der Waals surface area contributed by atoms with Crippen molar-refractivity contribution in [1.82, 2.24) is 15.5 Å². The lowest BCUT2D eigenvalue weighted by Gasteiger charge is -2.15. The third-order valence-corrected chi connectivity index (χ3v) is 3.01. The highest BCUT2D eigenvalue weighted by Gasteiger charge is 2.33. The summed E-state index contributed by atoms with van der Waals surface area (Å²) in [5.74, 6) is -2.77. The maximum absolute atomic E-state index is 11.8. The Hall–Kier alpha value is -2.16. The van der Waals surface area contributed by atoms with Gasteiger partial charge in [0.2, 0.25) is 17.7 Å². The zero-order valence-corrected chi connectivity index (χ0v) is 11.8. The maximum Gasteiger partial charge on any atom is 0.322 e. The molecule has 9 nitrogen and oxygen atoms in total. The van der Waals surface area contributed by atoms with E-state index in [-0.39, 0.29) is 18.9 Å². The molecule has 0 saturated carbocycles. The molecular formula is C12H19N3O6. The van der Waals surface area contributed by atoms with E-state index in [9.17, 15) is 19.2 Å². The van der Waals surface area contributed by atoms with E-state index in [4.69, 9.17) is 9.84 Å². The number of ether oxygens (including phenoxy) is 1. The molecule has 1 aliphatic rings. The Bertz CT molecular complexity index is 425. The minimum atomic E-state index is -1.16. The van der Waals surface area contributed by atoms with Crippen LogP contribution in [0.1, 0.15) is 6.42 Å². The highest BCUT2D eigenvalue weighted by Crippen LogP contribution is 2.17. The first-order valence-corrected chi connectivity index (χ1v) is 6.47. The second-order valence-corrected chi connectivity index (χ2v) is 4.62. The van der Waals surface area contributed by atoms with Gasteiger partial charge in [0, 0.05) is 26.6 Å². The topological polar surface area (TPSA) is 125 Å². The maximum atomic E-state index is 11.8. The van der Waals surface area contributed by atoms with Crippen molar-refractivity contribution in [2.45, 2.75) is 6.42 Å². The minimum Gasteiger partial charge on any atom is -0.480 e. The van der Waals surface area contributed by atoms with Crippen LogP contribution in [-0.4, -0.2) is 73.6 Å². The summed E-state index contributed by atoms with van der Waals surface area (Å²) >= 11 is 0. The van der Waals surface area contributed by atoms with Crippen LogP contribution < -0.4 is 10.6 Å². The number of hydrogen-bond acceptors (Lipinski definition) is 5. The van der Waals surface area contributed by atoms with Crippen molar-refractivity contribution in [3.8, 4) is 0 Å². The van der Waals surface area contributed by atoms with Crippen molar-refractivity contribution in [3.05, 3.63) is 0 Å². The summed E-state index contributed by atoms with van der Waals surface area (Å²) in [5, 5.41) is 12.9. The van der Waals surface area contributed by atoms with E-state index in [0.29, 0.717) is 19.7 Å². The van der Waals surface area contributed by atoms with Crippen LogP contribution in [0.25, 0.3) is 0 Å². The molecule has 9 heteroatoms. The molecule has 0 aromatic heterocycles. The molecule has 0 spiro atoms. The second kappa shape index (κ2) is 8.20. The largest absolute Gasteiger partial charge is 0.480 e. The monoisotopic (exact) mass is 301 g/mol. The van der Waals surface area contributed by atoms with Crippen LogP contribution in [0.4, 0.5) is 0 Å². The Morgan fingerprint density at radius 3 is 2.67 bits per heavy atom. The first-order chi connectivity index (χ1) is 9.93. The predicted molar refractivity (Wildman–Crippen MR) is 70.2 cm³/mol. The number of aliphatic carboxylic acids is 1. The molecule has 1 aliphatic heterocycles. The molecule has 1 heterocycles. The average molecular weight is 301 g/mol. The zero-order chi connectivity index (χ0) is 15.8. The van der Waals surface area contributed by atoms with Crippen LogP contribution in [0.2, 0.25) is 0 Å². The smallest absolute Gasteiger partial charge is 0.322 e. The Morgan fingerprint density at radius 2 is 2.05 bits per heavy atom. The van der Waals surface area contributed by atoms with Crippen LogP contribution in [0.5, 0.6) is 0 Å². The van der Waals surface area contributed by atoms with E-state index < -0.39 is 30.2 Å². The molecule has 3 N–H and O–H groups in total. The van der Waals surface area contributed by atoms with Gasteiger partial charge in [0.25, 0.3) is 0 Å². The number of rotatable bonds is 8. The summed E-state index contributed by atoms with van der Waals surface area (Å²) in [5.41, 5.74) is 0. The number of methoxy groups -OCH3 is 1. The molecule has 0 aliphatic carbocycles. The van der Waals surface area contributed by atoms with E-state index in [1.165, 1.54) is 12.0 Å². The zero-order valence-electron chi connectivity index (χ0n) is 11.8. The SMILES string of the molecule is COCCN1CC(C(=O)NCC(=O)NCC(=O)O)CC1=O. The number of carboxylic acid groups (broad SMARTS) is 1. The van der Waals surface area contributed by atoms with Crippen LogP contribution >= 0.6 is 0 Å². The number of hydrogen-bond donors (Lipinski definition) is 3. The first-order valence-electron chi connectivity index (χ1n) is 6.47. The van der Waals surface area contributed by atoms with Crippen molar-refractivity contribution in [1.29, 1.82) is 0 Å². The van der Waals surface area contributed by atoms with Gasteiger partial charge in [-0.25, -0.2) is 0 Å². The van der Waals surface area contributed by atoms with Crippen molar-refractivity contribution >= 4 is 23.7 Å². The molecular weight excluding hydrogens is 282 g/mol. The number of likely N-dealkylation sites (tertiary alicyclic amines) is 1. The Morgan fingerprint density at radius 1 is 1.33 bits per heavy atom. The van der Waals surface area contributed by atoms with Crippen LogP contribution in [0, 0.1) is 5.92 Å². The molecule has 1 saturated heterocycles. The summed E-state index contributed by atoms with van der Waals surface area (Å²) in [6.45, 7) is 0.316. The Kier molecular flexibility index (Phi) is 6.60.